The summed E-state index contributed by atoms with van der Waals surface area (Å²) >= 11 is 3.87. The summed E-state index contributed by atoms with van der Waals surface area (Å²) in [7, 11) is 0. The number of thiocarbonyl (C=S) groups is 1. The Hall–Kier alpha value is 0.326. The van der Waals surface area contributed by atoms with Crippen LogP contribution in [0.15, 0.2) is 0 Å². The van der Waals surface area contributed by atoms with E-state index in [0.717, 1.165) is 0 Å². The summed E-state index contributed by atoms with van der Waals surface area (Å²) in [5, 5.41) is 7.06. The molecule has 4 heteroatoms. The summed E-state index contributed by atoms with van der Waals surface area (Å²) < 4.78 is 0. The van der Waals surface area contributed by atoms with E-state index in [1.807, 2.05) is 0 Å². The zero-order valence-electron chi connectivity index (χ0n) is 1.93. The van der Waals surface area contributed by atoms with E-state index in [2.05, 4.69) is 18.0 Å². The zero-order chi connectivity index (χ0) is 3.58. The second kappa shape index (κ2) is 4.33. The number of nitrogens with two attached hydrogens (primary N) is 1. The van der Waals surface area contributed by atoms with Crippen molar-refractivity contribution >= 4 is 37.2 Å². The molecule has 2 nitrogen and oxygen atoms in total. The van der Waals surface area contributed by atoms with Gasteiger partial charge >= 0.3 is 19.8 Å². The Morgan fingerprint density at radius 3 is 1.80 bits per heavy atom. The molecule has 0 saturated heterocycles. The molecular formula is CH6GaNOS. The Balaban J connectivity index is 0. The zero-order valence-corrected chi connectivity index (χ0v) is 2.75. The molecule has 0 aromatic carbocycles. The SMILES string of the molecule is NC(O)=S.[GaH3]. The van der Waals surface area contributed by atoms with E-state index in [-0.39, 0.29) is 19.8 Å². The van der Waals surface area contributed by atoms with Gasteiger partial charge < -0.3 is 10.8 Å². The van der Waals surface area contributed by atoms with Crippen molar-refractivity contribution in [2.75, 3.05) is 0 Å². The standard InChI is InChI=1S/CH3NOS.Ga.3H/c2-1(3)4;;;;/h(H3,2,3,4);;;;. The Morgan fingerprint density at radius 1 is 1.80 bits per heavy atom. The van der Waals surface area contributed by atoms with Crippen LogP contribution in [0.2, 0.25) is 0 Å². The van der Waals surface area contributed by atoms with Gasteiger partial charge in [0.1, 0.15) is 0 Å². The second-order valence-electron chi connectivity index (χ2n) is 0.338. The monoisotopic (exact) mass is 149 g/mol. The van der Waals surface area contributed by atoms with Gasteiger partial charge in [0, 0.05) is 0 Å². The normalized spacial score (nSPS) is 4.80. The molecule has 0 radical (unpaired) electrons. The fraction of sp³-hybridized carbons (Fsp3) is 0. The van der Waals surface area contributed by atoms with Gasteiger partial charge in [-0.1, -0.05) is 0 Å². The number of hydrogen-bond donors (Lipinski definition) is 2. The molecule has 0 bridgehead atoms. The molecule has 0 heterocycles. The van der Waals surface area contributed by atoms with Gasteiger partial charge in [0.2, 0.25) is 0 Å². The molecule has 0 rings (SSSR count). The van der Waals surface area contributed by atoms with Crippen molar-refractivity contribution in [2.45, 2.75) is 0 Å². The van der Waals surface area contributed by atoms with Crippen LogP contribution in [0.25, 0.3) is 0 Å². The third-order valence-electron chi connectivity index (χ3n) is 0. The predicted molar refractivity (Wildman–Crippen MR) is 29.4 cm³/mol. The first kappa shape index (κ1) is 9.01. The van der Waals surface area contributed by atoms with Crippen molar-refractivity contribution in [1.29, 1.82) is 0 Å². The number of aliphatic hydroxyl groups is 1. The fourth-order valence-corrected chi connectivity index (χ4v) is 0. The van der Waals surface area contributed by atoms with Crippen LogP contribution in [0.3, 0.4) is 0 Å². The minimum atomic E-state index is -0.500. The van der Waals surface area contributed by atoms with E-state index in [0.29, 0.717) is 0 Å². The molecule has 0 spiro atoms. The minimum absolute atomic E-state index is 0. The molecule has 5 heavy (non-hydrogen) atoms. The summed E-state index contributed by atoms with van der Waals surface area (Å²) in [6.45, 7) is 0. The fourth-order valence-electron chi connectivity index (χ4n) is 0. The van der Waals surface area contributed by atoms with E-state index >= 15 is 0 Å². The Kier molecular flexibility index (Phi) is 7.80. The van der Waals surface area contributed by atoms with Crippen LogP contribution in [0, 0.1) is 0 Å². The molecule has 0 aromatic rings. The van der Waals surface area contributed by atoms with Gasteiger partial charge in [0.05, 0.1) is 0 Å². The van der Waals surface area contributed by atoms with Gasteiger partial charge in [0.25, 0.3) is 5.17 Å². The van der Waals surface area contributed by atoms with Crippen LogP contribution in [0.4, 0.5) is 0 Å². The van der Waals surface area contributed by atoms with Gasteiger partial charge in [0.15, 0.2) is 0 Å². The Labute approximate surface area is 48.4 Å². The molecule has 0 amide bonds. The molecule has 0 aliphatic heterocycles. The molecule has 3 N–H and O–H groups in total. The average Bonchev–Trinajstić information content (AvgIpc) is 0.811. The number of aliphatic hydroxyl groups excluding tert-OH is 1. The molecule has 30 valence electrons. The Morgan fingerprint density at radius 2 is 1.80 bits per heavy atom. The van der Waals surface area contributed by atoms with Crippen LogP contribution in [-0.2, 0) is 0 Å². The quantitative estimate of drug-likeness (QED) is 0.329. The molecule has 0 atom stereocenters. The molecule has 0 unspecified atom stereocenters. The molecule has 0 aliphatic carbocycles. The van der Waals surface area contributed by atoms with E-state index < -0.39 is 5.17 Å². The molecule has 0 saturated carbocycles. The van der Waals surface area contributed by atoms with Crippen molar-refractivity contribution in [3.8, 4) is 0 Å². The first-order valence-electron chi connectivity index (χ1n) is 0.716. The number of hydrogen-bond acceptors (Lipinski definition) is 1. The van der Waals surface area contributed by atoms with Crippen molar-refractivity contribution < 1.29 is 5.11 Å². The molecular weight excluding hydrogens is 144 g/mol. The van der Waals surface area contributed by atoms with Crippen molar-refractivity contribution in [3.63, 3.8) is 0 Å². The van der Waals surface area contributed by atoms with Gasteiger partial charge in [-0.3, -0.25) is 0 Å². The van der Waals surface area contributed by atoms with Crippen molar-refractivity contribution in [1.82, 2.24) is 0 Å². The van der Waals surface area contributed by atoms with Crippen LogP contribution in [0.5, 0.6) is 0 Å². The molecule has 0 aromatic heterocycles. The summed E-state index contributed by atoms with van der Waals surface area (Å²) in [6.07, 6.45) is 0. The van der Waals surface area contributed by atoms with E-state index in [4.69, 9.17) is 5.11 Å². The first-order valence-corrected chi connectivity index (χ1v) is 1.12. The third kappa shape index (κ3) is 220. The summed E-state index contributed by atoms with van der Waals surface area (Å²) in [5.41, 5.74) is 4.40. The van der Waals surface area contributed by atoms with E-state index in [9.17, 15) is 0 Å². The van der Waals surface area contributed by atoms with Crippen LogP contribution < -0.4 is 5.73 Å². The van der Waals surface area contributed by atoms with Gasteiger partial charge in [-0.15, -0.1) is 0 Å². The average molecular weight is 150 g/mol. The number of rotatable bonds is 0. The van der Waals surface area contributed by atoms with Crippen molar-refractivity contribution in [2.24, 2.45) is 5.73 Å². The predicted octanol–water partition coefficient (Wildman–Crippen LogP) is -1.40. The maximum absolute atomic E-state index is 7.56. The summed E-state index contributed by atoms with van der Waals surface area (Å²) in [4.78, 5) is 0. The van der Waals surface area contributed by atoms with Crippen molar-refractivity contribution in [3.05, 3.63) is 0 Å². The maximum atomic E-state index is 7.56. The molecule has 0 fully saturated rings. The van der Waals surface area contributed by atoms with Crippen LogP contribution in [0.1, 0.15) is 0 Å². The summed E-state index contributed by atoms with van der Waals surface area (Å²) in [5.74, 6) is 0. The summed E-state index contributed by atoms with van der Waals surface area (Å²) in [6, 6.07) is 0. The van der Waals surface area contributed by atoms with Crippen LogP contribution in [-0.4, -0.2) is 30.1 Å². The van der Waals surface area contributed by atoms with Gasteiger partial charge in [-0.25, -0.2) is 0 Å². The van der Waals surface area contributed by atoms with Gasteiger partial charge in [-0.05, 0) is 12.2 Å². The first-order chi connectivity index (χ1) is 1.73. The topological polar surface area (TPSA) is 46.2 Å². The third-order valence-corrected chi connectivity index (χ3v) is 0. The second-order valence-corrected chi connectivity index (χ2v) is 0.757. The van der Waals surface area contributed by atoms with Gasteiger partial charge in [-0.2, -0.15) is 0 Å². The Bertz CT molecular complexity index is 34.6. The van der Waals surface area contributed by atoms with E-state index in [1.165, 1.54) is 0 Å². The van der Waals surface area contributed by atoms with E-state index in [1.54, 1.807) is 0 Å². The van der Waals surface area contributed by atoms with Crippen LogP contribution >= 0.6 is 12.2 Å². The molecule has 0 aliphatic rings.